The largest absolute Gasteiger partial charge is 0.350 e. The lowest BCUT2D eigenvalue weighted by molar-refractivity contribution is -0.201. The Morgan fingerprint density at radius 3 is 2.77 bits per heavy atom. The molecule has 0 spiro atoms. The number of benzene rings is 1. The number of aryl methyl sites for hydroxylation is 1. The van der Waals surface area contributed by atoms with Crippen LogP contribution >= 0.6 is 23.1 Å². The number of thiophene rings is 1. The van der Waals surface area contributed by atoms with Crippen LogP contribution in [0.15, 0.2) is 40.6 Å². The molecule has 35 heavy (non-hydrogen) atoms. The molecule has 1 unspecified atom stereocenters. The second-order valence-electron chi connectivity index (χ2n) is 8.46. The highest BCUT2D eigenvalue weighted by Crippen LogP contribution is 2.32. The number of nitrogens with zero attached hydrogens (tertiary/aromatic N) is 1. The second kappa shape index (κ2) is 12.4. The summed E-state index contributed by atoms with van der Waals surface area (Å²) in [5, 5.41) is 0. The molecule has 1 N–H and O–H groups in total. The van der Waals surface area contributed by atoms with E-state index in [1.807, 2.05) is 12.1 Å². The molecule has 3 heterocycles. The van der Waals surface area contributed by atoms with Gasteiger partial charge in [0.2, 0.25) is 0 Å². The van der Waals surface area contributed by atoms with Gasteiger partial charge < -0.3 is 4.74 Å². The Morgan fingerprint density at radius 2 is 2.03 bits per heavy atom. The minimum absolute atomic E-state index is 0.175. The van der Waals surface area contributed by atoms with Gasteiger partial charge in [-0.1, -0.05) is 37.3 Å². The predicted octanol–water partition coefficient (Wildman–Crippen LogP) is 4.13. The number of unbranched alkanes of at least 4 members (excludes halogenated alkanes) is 1. The summed E-state index contributed by atoms with van der Waals surface area (Å²) in [5.74, 6) is 6.27. The number of ether oxygens (including phenoxy) is 1. The number of amides is 1. The molecule has 188 valence electrons. The molecule has 0 radical (unpaired) electrons. The molecule has 10 heteroatoms. The maximum atomic E-state index is 13.3. The van der Waals surface area contributed by atoms with Crippen molar-refractivity contribution in [2.75, 3.05) is 18.2 Å². The van der Waals surface area contributed by atoms with Gasteiger partial charge in [-0.05, 0) is 55.5 Å². The summed E-state index contributed by atoms with van der Waals surface area (Å²) in [6, 6.07) is 10.6. The fourth-order valence-corrected chi connectivity index (χ4v) is 8.22. The summed E-state index contributed by atoms with van der Waals surface area (Å²) in [5.41, 5.74) is 4.58. The number of nitrogens with one attached hydrogen (secondary N) is 1. The summed E-state index contributed by atoms with van der Waals surface area (Å²) in [7, 11) is -3.84. The molecule has 7 nitrogen and oxygen atoms in total. The van der Waals surface area contributed by atoms with Crippen LogP contribution in [0.5, 0.6) is 0 Å². The van der Waals surface area contributed by atoms with Crippen LogP contribution < -0.4 is 5.48 Å². The van der Waals surface area contributed by atoms with Gasteiger partial charge in [-0.25, -0.2) is 18.7 Å². The number of hydrogen-bond acceptors (Lipinski definition) is 7. The van der Waals surface area contributed by atoms with Crippen LogP contribution in [0.4, 0.5) is 0 Å². The average molecular weight is 535 g/mol. The van der Waals surface area contributed by atoms with Crippen LogP contribution in [0.25, 0.3) is 0 Å². The van der Waals surface area contributed by atoms with E-state index in [-0.39, 0.29) is 10.1 Å². The van der Waals surface area contributed by atoms with Gasteiger partial charge in [-0.15, -0.1) is 23.1 Å². The topological polar surface area (TPSA) is 84.9 Å². The third-order valence-corrected chi connectivity index (χ3v) is 10.3. The van der Waals surface area contributed by atoms with Crippen LogP contribution in [-0.4, -0.2) is 49.2 Å². The summed E-state index contributed by atoms with van der Waals surface area (Å²) in [6.07, 6.45) is 5.53. The zero-order chi connectivity index (χ0) is 24.7. The van der Waals surface area contributed by atoms with E-state index >= 15 is 0 Å². The number of hydrogen-bond donors (Lipinski definition) is 1. The molecule has 4 rings (SSSR count). The van der Waals surface area contributed by atoms with Crippen molar-refractivity contribution in [3.63, 3.8) is 0 Å². The standard InChI is InChI=1S/C25H30N2O5S3/c1-2-3-6-19-8-10-20(11-9-19)12-13-21-14-15-24(34-21)35(29,30)27-18-33-17-22(27)25(28)26-32-23-7-4-5-16-31-23/h8-11,14-15,22-23H,2-7,16-18H2,1H3,(H,26,28)/t22-,23?/m0/s1. The average Bonchev–Trinajstić information content (AvgIpc) is 3.57. The Labute approximate surface area is 215 Å². The van der Waals surface area contributed by atoms with Gasteiger partial charge in [0.15, 0.2) is 6.29 Å². The highest BCUT2D eigenvalue weighted by Gasteiger charge is 2.41. The molecular formula is C25H30N2O5S3. The SMILES string of the molecule is CCCCc1ccc(C#Cc2ccc(S(=O)(=O)N3CSC[C@H]3C(=O)NOC3CCCCO3)s2)cc1. The molecule has 0 bridgehead atoms. The first-order chi connectivity index (χ1) is 17.0. The smallest absolute Gasteiger partial charge is 0.262 e. The fourth-order valence-electron chi connectivity index (χ4n) is 3.78. The van der Waals surface area contributed by atoms with E-state index in [9.17, 15) is 13.2 Å². The lowest BCUT2D eigenvalue weighted by Gasteiger charge is -2.25. The van der Waals surface area contributed by atoms with Crippen LogP contribution in [0.1, 0.15) is 55.0 Å². The lowest BCUT2D eigenvalue weighted by Crippen LogP contribution is -2.48. The third-order valence-electron chi connectivity index (χ3n) is 5.82. The molecule has 1 aromatic carbocycles. The normalized spacial score (nSPS) is 20.8. The molecule has 1 amide bonds. The van der Waals surface area contributed by atoms with E-state index in [0.29, 0.717) is 23.7 Å². The van der Waals surface area contributed by atoms with Crippen molar-refractivity contribution in [2.24, 2.45) is 0 Å². The fraction of sp³-hybridized carbons (Fsp3) is 0.480. The number of hydroxylamine groups is 1. The zero-order valence-electron chi connectivity index (χ0n) is 19.7. The third kappa shape index (κ3) is 6.88. The summed E-state index contributed by atoms with van der Waals surface area (Å²) in [6.45, 7) is 2.77. The minimum Gasteiger partial charge on any atom is -0.350 e. The second-order valence-corrected chi connectivity index (χ2v) is 12.7. The Hall–Kier alpha value is -1.87. The molecular weight excluding hydrogens is 504 g/mol. The van der Waals surface area contributed by atoms with Gasteiger partial charge in [-0.3, -0.25) is 4.79 Å². The predicted molar refractivity (Wildman–Crippen MR) is 138 cm³/mol. The van der Waals surface area contributed by atoms with Gasteiger partial charge in [-0.2, -0.15) is 4.31 Å². The van der Waals surface area contributed by atoms with Crippen molar-refractivity contribution in [2.45, 2.75) is 62.0 Å². The van der Waals surface area contributed by atoms with Crippen molar-refractivity contribution in [3.05, 3.63) is 52.4 Å². The van der Waals surface area contributed by atoms with E-state index in [0.717, 1.165) is 49.0 Å². The van der Waals surface area contributed by atoms with Crippen LogP contribution in [0.3, 0.4) is 0 Å². The molecule has 2 aliphatic heterocycles. The number of carbonyl (C=O) groups excluding carboxylic acids is 1. The Balaban J connectivity index is 1.39. The summed E-state index contributed by atoms with van der Waals surface area (Å²) in [4.78, 5) is 18.7. The van der Waals surface area contributed by atoms with Crippen molar-refractivity contribution in [3.8, 4) is 11.8 Å². The molecule has 2 atom stereocenters. The van der Waals surface area contributed by atoms with E-state index in [1.165, 1.54) is 21.6 Å². The number of carbonyl (C=O) groups is 1. The lowest BCUT2D eigenvalue weighted by atomic mass is 10.1. The molecule has 2 aliphatic rings. The van der Waals surface area contributed by atoms with Crippen molar-refractivity contribution in [1.82, 2.24) is 9.79 Å². The van der Waals surface area contributed by atoms with Gasteiger partial charge in [0.05, 0.1) is 10.8 Å². The molecule has 0 aliphatic carbocycles. The molecule has 2 aromatic rings. The first kappa shape index (κ1) is 26.2. The van der Waals surface area contributed by atoms with Gasteiger partial charge in [0.1, 0.15) is 10.3 Å². The number of rotatable bonds is 8. The highest BCUT2D eigenvalue weighted by molar-refractivity contribution is 8.01. The van der Waals surface area contributed by atoms with Crippen molar-refractivity contribution >= 4 is 39.0 Å². The maximum Gasteiger partial charge on any atom is 0.262 e. The van der Waals surface area contributed by atoms with E-state index in [1.54, 1.807) is 12.1 Å². The summed E-state index contributed by atoms with van der Waals surface area (Å²) >= 11 is 2.51. The van der Waals surface area contributed by atoms with Crippen molar-refractivity contribution < 1.29 is 22.8 Å². The van der Waals surface area contributed by atoms with Gasteiger partial charge >= 0.3 is 0 Å². The molecule has 2 saturated heterocycles. The van der Waals surface area contributed by atoms with E-state index in [2.05, 4.69) is 36.4 Å². The molecule has 0 saturated carbocycles. The van der Waals surface area contributed by atoms with E-state index < -0.39 is 28.3 Å². The monoisotopic (exact) mass is 534 g/mol. The van der Waals surface area contributed by atoms with Crippen LogP contribution in [0.2, 0.25) is 0 Å². The van der Waals surface area contributed by atoms with Crippen LogP contribution in [-0.2, 0) is 30.8 Å². The number of thioether (sulfide) groups is 1. The Kier molecular flexibility index (Phi) is 9.27. The first-order valence-electron chi connectivity index (χ1n) is 11.8. The Bertz CT molecular complexity index is 1160. The maximum absolute atomic E-state index is 13.3. The quantitative estimate of drug-likeness (QED) is 0.405. The van der Waals surface area contributed by atoms with Crippen LogP contribution in [0, 0.1) is 11.8 Å². The van der Waals surface area contributed by atoms with E-state index in [4.69, 9.17) is 9.57 Å². The highest BCUT2D eigenvalue weighted by atomic mass is 32.2. The molecule has 2 fully saturated rings. The van der Waals surface area contributed by atoms with Gasteiger partial charge in [0, 0.05) is 24.3 Å². The zero-order valence-corrected chi connectivity index (χ0v) is 22.1. The number of sulfonamides is 1. The molecule has 1 aromatic heterocycles. The summed E-state index contributed by atoms with van der Waals surface area (Å²) < 4.78 is 33.4. The first-order valence-corrected chi connectivity index (χ1v) is 15.3. The Morgan fingerprint density at radius 1 is 1.20 bits per heavy atom. The van der Waals surface area contributed by atoms with Crippen molar-refractivity contribution in [1.29, 1.82) is 0 Å². The minimum atomic E-state index is -3.84. The van der Waals surface area contributed by atoms with Gasteiger partial charge in [0.25, 0.3) is 15.9 Å².